The van der Waals surface area contributed by atoms with Crippen molar-refractivity contribution in [2.45, 2.75) is 31.7 Å². The van der Waals surface area contributed by atoms with Crippen molar-refractivity contribution < 1.29 is 4.79 Å². The number of hydrogen-bond acceptors (Lipinski definition) is 3. The number of benzene rings is 2. The van der Waals surface area contributed by atoms with E-state index in [0.717, 1.165) is 53.4 Å². The summed E-state index contributed by atoms with van der Waals surface area (Å²) in [4.78, 5) is 13.7. The number of nitrogens with zero attached hydrogens (tertiary/aromatic N) is 2. The summed E-state index contributed by atoms with van der Waals surface area (Å²) < 4.78 is 0. The molecule has 0 aliphatic heterocycles. The Morgan fingerprint density at radius 2 is 1.84 bits per heavy atom. The summed E-state index contributed by atoms with van der Waals surface area (Å²) in [5.74, 6) is 0.486. The van der Waals surface area contributed by atoms with Crippen LogP contribution in [-0.2, 0) is 0 Å². The molecule has 4 rings (SSSR count). The van der Waals surface area contributed by atoms with E-state index in [4.69, 9.17) is 11.5 Å². The SMILES string of the molecule is NC(=O)N(c1ccc(-c2cccc3[nH]nc(N)c23)cc1)C1CCCC1. The molecular formula is C19H21N5O. The molecule has 0 bridgehead atoms. The molecule has 5 N–H and O–H groups in total. The topological polar surface area (TPSA) is 101 Å². The summed E-state index contributed by atoms with van der Waals surface area (Å²) in [5, 5.41) is 7.94. The smallest absolute Gasteiger partial charge is 0.319 e. The van der Waals surface area contributed by atoms with Gasteiger partial charge in [-0.15, -0.1) is 0 Å². The van der Waals surface area contributed by atoms with E-state index in [9.17, 15) is 4.79 Å². The number of H-pyrrole nitrogens is 1. The lowest BCUT2D eigenvalue weighted by molar-refractivity contribution is 0.251. The normalized spacial score (nSPS) is 14.9. The number of aromatic amines is 1. The lowest BCUT2D eigenvalue weighted by atomic mass is 10.0. The molecule has 0 saturated heterocycles. The molecule has 2 amide bonds. The zero-order chi connectivity index (χ0) is 17.4. The highest BCUT2D eigenvalue weighted by molar-refractivity contribution is 6.01. The van der Waals surface area contributed by atoms with Gasteiger partial charge in [0.1, 0.15) is 0 Å². The van der Waals surface area contributed by atoms with Crippen LogP contribution < -0.4 is 16.4 Å². The fourth-order valence-corrected chi connectivity index (χ4v) is 3.82. The number of nitrogens with two attached hydrogens (primary N) is 2. The Hall–Kier alpha value is -3.02. The third kappa shape index (κ3) is 2.69. The zero-order valence-electron chi connectivity index (χ0n) is 13.9. The summed E-state index contributed by atoms with van der Waals surface area (Å²) in [7, 11) is 0. The Balaban J connectivity index is 1.71. The van der Waals surface area contributed by atoms with Gasteiger partial charge in [0.05, 0.1) is 10.9 Å². The molecule has 2 aromatic carbocycles. The van der Waals surface area contributed by atoms with E-state index in [-0.39, 0.29) is 12.1 Å². The largest absolute Gasteiger partial charge is 0.382 e. The van der Waals surface area contributed by atoms with Gasteiger partial charge in [0, 0.05) is 11.7 Å². The molecule has 6 heteroatoms. The maximum absolute atomic E-state index is 11.9. The van der Waals surface area contributed by atoms with Gasteiger partial charge in [0.25, 0.3) is 0 Å². The summed E-state index contributed by atoms with van der Waals surface area (Å²) in [6, 6.07) is 13.7. The number of hydrogen-bond donors (Lipinski definition) is 3. The number of aromatic nitrogens is 2. The van der Waals surface area contributed by atoms with Crippen molar-refractivity contribution >= 4 is 28.4 Å². The van der Waals surface area contributed by atoms with E-state index in [2.05, 4.69) is 10.2 Å². The van der Waals surface area contributed by atoms with E-state index in [1.165, 1.54) is 0 Å². The molecule has 1 fully saturated rings. The third-order valence-electron chi connectivity index (χ3n) is 5.00. The number of carbonyl (C=O) groups is 1. The number of amides is 2. The van der Waals surface area contributed by atoms with Crippen LogP contribution in [0.5, 0.6) is 0 Å². The van der Waals surface area contributed by atoms with Crippen molar-refractivity contribution in [3.63, 3.8) is 0 Å². The van der Waals surface area contributed by atoms with Crippen LogP contribution in [-0.4, -0.2) is 22.3 Å². The molecule has 1 saturated carbocycles. The van der Waals surface area contributed by atoms with Gasteiger partial charge in [-0.3, -0.25) is 10.00 Å². The highest BCUT2D eigenvalue weighted by atomic mass is 16.2. The molecule has 3 aromatic rings. The Labute approximate surface area is 145 Å². The van der Waals surface area contributed by atoms with E-state index < -0.39 is 0 Å². The van der Waals surface area contributed by atoms with Crippen LogP contribution in [0.25, 0.3) is 22.0 Å². The van der Waals surface area contributed by atoms with Gasteiger partial charge in [0.2, 0.25) is 0 Å². The number of primary amides is 1. The van der Waals surface area contributed by atoms with E-state index in [1.54, 1.807) is 4.90 Å². The highest BCUT2D eigenvalue weighted by Crippen LogP contribution is 2.33. The molecule has 0 radical (unpaired) electrons. The molecule has 128 valence electrons. The van der Waals surface area contributed by atoms with Crippen LogP contribution >= 0.6 is 0 Å². The number of urea groups is 1. The minimum Gasteiger partial charge on any atom is -0.382 e. The maximum atomic E-state index is 11.9. The molecule has 1 aliphatic rings. The van der Waals surface area contributed by atoms with Crippen molar-refractivity contribution in [2.24, 2.45) is 5.73 Å². The molecular weight excluding hydrogens is 314 g/mol. The van der Waals surface area contributed by atoms with Gasteiger partial charge in [0.15, 0.2) is 5.82 Å². The first-order valence-electron chi connectivity index (χ1n) is 8.57. The van der Waals surface area contributed by atoms with E-state index >= 15 is 0 Å². The van der Waals surface area contributed by atoms with Crippen LogP contribution in [0.3, 0.4) is 0 Å². The summed E-state index contributed by atoms with van der Waals surface area (Å²) >= 11 is 0. The van der Waals surface area contributed by atoms with Crippen molar-refractivity contribution in [2.75, 3.05) is 10.6 Å². The summed E-state index contributed by atoms with van der Waals surface area (Å²) in [5.41, 5.74) is 15.4. The van der Waals surface area contributed by atoms with Gasteiger partial charge in [-0.1, -0.05) is 37.1 Å². The lowest BCUT2D eigenvalue weighted by Crippen LogP contribution is -2.42. The van der Waals surface area contributed by atoms with Gasteiger partial charge >= 0.3 is 6.03 Å². The molecule has 0 unspecified atom stereocenters. The van der Waals surface area contributed by atoms with Crippen LogP contribution in [0.1, 0.15) is 25.7 Å². The number of nitrogen functional groups attached to an aromatic ring is 1. The van der Waals surface area contributed by atoms with E-state index in [1.807, 2.05) is 42.5 Å². The van der Waals surface area contributed by atoms with Crippen molar-refractivity contribution in [3.05, 3.63) is 42.5 Å². The van der Waals surface area contributed by atoms with Gasteiger partial charge in [-0.05, 0) is 42.2 Å². The van der Waals surface area contributed by atoms with Crippen molar-refractivity contribution in [3.8, 4) is 11.1 Å². The summed E-state index contributed by atoms with van der Waals surface area (Å²) in [6.45, 7) is 0. The molecule has 1 heterocycles. The molecule has 1 aromatic heterocycles. The molecule has 6 nitrogen and oxygen atoms in total. The van der Waals surface area contributed by atoms with Crippen molar-refractivity contribution in [1.82, 2.24) is 10.2 Å². The Morgan fingerprint density at radius 1 is 1.12 bits per heavy atom. The molecule has 0 atom stereocenters. The second kappa shape index (κ2) is 6.12. The Kier molecular flexibility index (Phi) is 3.80. The second-order valence-corrected chi connectivity index (χ2v) is 6.53. The van der Waals surface area contributed by atoms with Gasteiger partial charge in [-0.2, -0.15) is 5.10 Å². The zero-order valence-corrected chi connectivity index (χ0v) is 13.9. The first-order valence-corrected chi connectivity index (χ1v) is 8.57. The Bertz CT molecular complexity index is 909. The first kappa shape index (κ1) is 15.5. The number of rotatable bonds is 3. The average molecular weight is 335 g/mol. The number of nitrogens with one attached hydrogen (secondary N) is 1. The third-order valence-corrected chi connectivity index (χ3v) is 5.00. The predicted molar refractivity (Wildman–Crippen MR) is 100 cm³/mol. The lowest BCUT2D eigenvalue weighted by Gasteiger charge is -2.27. The molecule has 1 aliphatic carbocycles. The second-order valence-electron chi connectivity index (χ2n) is 6.53. The van der Waals surface area contributed by atoms with Crippen LogP contribution in [0.2, 0.25) is 0 Å². The van der Waals surface area contributed by atoms with Crippen LogP contribution in [0.15, 0.2) is 42.5 Å². The average Bonchev–Trinajstić information content (AvgIpc) is 3.26. The number of carbonyl (C=O) groups excluding carboxylic acids is 1. The molecule has 25 heavy (non-hydrogen) atoms. The minimum atomic E-state index is -0.388. The fraction of sp³-hybridized carbons (Fsp3) is 0.263. The van der Waals surface area contributed by atoms with Gasteiger partial charge < -0.3 is 11.5 Å². The monoisotopic (exact) mass is 335 g/mol. The number of fused-ring (bicyclic) bond motifs is 1. The summed E-state index contributed by atoms with van der Waals surface area (Å²) in [6.07, 6.45) is 4.31. The van der Waals surface area contributed by atoms with Crippen LogP contribution in [0, 0.1) is 0 Å². The quantitative estimate of drug-likeness (QED) is 0.681. The predicted octanol–water partition coefficient (Wildman–Crippen LogP) is 3.64. The maximum Gasteiger partial charge on any atom is 0.319 e. The minimum absolute atomic E-state index is 0.205. The van der Waals surface area contributed by atoms with Gasteiger partial charge in [-0.25, -0.2) is 4.79 Å². The molecule has 0 spiro atoms. The highest BCUT2D eigenvalue weighted by Gasteiger charge is 2.26. The van der Waals surface area contributed by atoms with Crippen LogP contribution in [0.4, 0.5) is 16.3 Å². The van der Waals surface area contributed by atoms with E-state index in [0.29, 0.717) is 5.82 Å². The number of anilines is 2. The standard InChI is InChI=1S/C19H21N5O/c20-18-17-15(6-3-7-16(17)22-23-18)12-8-10-14(11-9-12)24(19(21)25)13-4-1-2-5-13/h3,6-11,13H,1-2,4-5H2,(H2,21,25)(H3,20,22,23). The fourth-order valence-electron chi connectivity index (χ4n) is 3.82. The Morgan fingerprint density at radius 3 is 2.52 bits per heavy atom. The van der Waals surface area contributed by atoms with Crippen molar-refractivity contribution in [1.29, 1.82) is 0 Å². The first-order chi connectivity index (χ1) is 12.1.